The van der Waals surface area contributed by atoms with E-state index in [1.807, 2.05) is 38.1 Å². The number of hydrogen-bond acceptors (Lipinski definition) is 3. The van der Waals surface area contributed by atoms with Gasteiger partial charge in [-0.05, 0) is 19.9 Å². The first-order chi connectivity index (χ1) is 9.08. The number of rotatable bonds is 6. The SMILES string of the molecule is COc1ccccc1CN(CCO)C(=O)NC(C)C. The second-order valence-electron chi connectivity index (χ2n) is 4.56. The molecule has 0 aliphatic carbocycles. The van der Waals surface area contributed by atoms with Crippen molar-refractivity contribution in [3.63, 3.8) is 0 Å². The molecule has 0 heterocycles. The highest BCUT2D eigenvalue weighted by molar-refractivity contribution is 5.74. The average molecular weight is 266 g/mol. The standard InChI is InChI=1S/C14H22N2O3/c1-11(2)15-14(18)16(8-9-17)10-12-6-4-5-7-13(12)19-3/h4-7,11,17H,8-10H2,1-3H3,(H,15,18). The number of methoxy groups -OCH3 is 1. The van der Waals surface area contributed by atoms with Gasteiger partial charge in [-0.15, -0.1) is 0 Å². The third-order valence-electron chi connectivity index (χ3n) is 2.62. The zero-order valence-corrected chi connectivity index (χ0v) is 11.7. The molecule has 0 spiro atoms. The van der Waals surface area contributed by atoms with Gasteiger partial charge in [-0.3, -0.25) is 0 Å². The largest absolute Gasteiger partial charge is 0.496 e. The van der Waals surface area contributed by atoms with Crippen molar-refractivity contribution in [3.8, 4) is 5.75 Å². The number of aliphatic hydroxyl groups excluding tert-OH is 1. The van der Waals surface area contributed by atoms with Gasteiger partial charge in [0.25, 0.3) is 0 Å². The van der Waals surface area contributed by atoms with Gasteiger partial charge in [0.05, 0.1) is 20.3 Å². The minimum Gasteiger partial charge on any atom is -0.496 e. The van der Waals surface area contributed by atoms with E-state index in [0.29, 0.717) is 6.54 Å². The molecular weight excluding hydrogens is 244 g/mol. The minimum absolute atomic E-state index is 0.0614. The Morgan fingerprint density at radius 3 is 2.68 bits per heavy atom. The summed E-state index contributed by atoms with van der Waals surface area (Å²) in [6.07, 6.45) is 0. The monoisotopic (exact) mass is 266 g/mol. The molecule has 2 N–H and O–H groups in total. The number of carbonyl (C=O) groups excluding carboxylic acids is 1. The molecule has 5 heteroatoms. The first-order valence-corrected chi connectivity index (χ1v) is 6.36. The van der Waals surface area contributed by atoms with Gasteiger partial charge in [-0.2, -0.15) is 0 Å². The predicted octanol–water partition coefficient (Wildman–Crippen LogP) is 1.61. The molecule has 0 fully saturated rings. The Bertz CT molecular complexity index is 407. The summed E-state index contributed by atoms with van der Waals surface area (Å²) in [6, 6.07) is 7.42. The van der Waals surface area contributed by atoms with E-state index in [2.05, 4.69) is 5.32 Å². The number of amides is 2. The molecule has 0 aliphatic rings. The smallest absolute Gasteiger partial charge is 0.317 e. The van der Waals surface area contributed by atoms with Crippen LogP contribution in [0.5, 0.6) is 5.75 Å². The highest BCUT2D eigenvalue weighted by Crippen LogP contribution is 2.19. The fraction of sp³-hybridized carbons (Fsp3) is 0.500. The number of urea groups is 1. The van der Waals surface area contributed by atoms with Crippen LogP contribution in [-0.4, -0.2) is 42.3 Å². The van der Waals surface area contributed by atoms with Gasteiger partial charge in [0, 0.05) is 18.2 Å². The third kappa shape index (κ3) is 4.79. The van der Waals surface area contributed by atoms with Crippen LogP contribution in [0.2, 0.25) is 0 Å². The minimum atomic E-state index is -0.185. The lowest BCUT2D eigenvalue weighted by atomic mass is 10.2. The Hall–Kier alpha value is -1.75. The first-order valence-electron chi connectivity index (χ1n) is 6.36. The van der Waals surface area contributed by atoms with Crippen LogP contribution >= 0.6 is 0 Å². The molecule has 0 radical (unpaired) electrons. The number of aliphatic hydroxyl groups is 1. The Morgan fingerprint density at radius 1 is 1.42 bits per heavy atom. The van der Waals surface area contributed by atoms with E-state index < -0.39 is 0 Å². The Morgan fingerprint density at radius 2 is 2.11 bits per heavy atom. The molecule has 106 valence electrons. The normalized spacial score (nSPS) is 10.4. The molecule has 0 atom stereocenters. The van der Waals surface area contributed by atoms with Gasteiger partial charge < -0.3 is 20.1 Å². The molecule has 0 aliphatic heterocycles. The highest BCUT2D eigenvalue weighted by Gasteiger charge is 2.15. The number of ether oxygens (including phenoxy) is 1. The van der Waals surface area contributed by atoms with E-state index in [9.17, 15) is 4.79 Å². The summed E-state index contributed by atoms with van der Waals surface area (Å²) >= 11 is 0. The maximum absolute atomic E-state index is 12.0. The first kappa shape index (κ1) is 15.3. The lowest BCUT2D eigenvalue weighted by Crippen LogP contribution is -2.43. The summed E-state index contributed by atoms with van der Waals surface area (Å²) in [6.45, 7) is 4.43. The van der Waals surface area contributed by atoms with E-state index in [-0.39, 0.29) is 25.2 Å². The lowest BCUT2D eigenvalue weighted by Gasteiger charge is -2.24. The van der Waals surface area contributed by atoms with Crippen LogP contribution < -0.4 is 10.1 Å². The lowest BCUT2D eigenvalue weighted by molar-refractivity contribution is 0.171. The molecule has 1 rings (SSSR count). The van der Waals surface area contributed by atoms with Crippen LogP contribution in [0.4, 0.5) is 4.79 Å². The van der Waals surface area contributed by atoms with E-state index in [1.54, 1.807) is 12.0 Å². The van der Waals surface area contributed by atoms with Crippen molar-refractivity contribution in [2.45, 2.75) is 26.4 Å². The molecule has 0 saturated carbocycles. The van der Waals surface area contributed by atoms with E-state index in [1.165, 1.54) is 0 Å². The zero-order chi connectivity index (χ0) is 14.3. The molecular formula is C14H22N2O3. The van der Waals surface area contributed by atoms with Crippen LogP contribution in [-0.2, 0) is 6.54 Å². The van der Waals surface area contributed by atoms with E-state index in [0.717, 1.165) is 11.3 Å². The summed E-state index contributed by atoms with van der Waals surface area (Å²) in [7, 11) is 1.60. The van der Waals surface area contributed by atoms with Crippen LogP contribution in [0.1, 0.15) is 19.4 Å². The number of benzene rings is 1. The maximum Gasteiger partial charge on any atom is 0.317 e. The molecule has 1 aromatic rings. The fourth-order valence-corrected chi connectivity index (χ4v) is 1.75. The van der Waals surface area contributed by atoms with Crippen molar-refractivity contribution >= 4 is 6.03 Å². The molecule has 2 amide bonds. The van der Waals surface area contributed by atoms with Gasteiger partial charge >= 0.3 is 6.03 Å². The van der Waals surface area contributed by atoms with Gasteiger partial charge in [0.1, 0.15) is 5.75 Å². The number of nitrogens with zero attached hydrogens (tertiary/aromatic N) is 1. The van der Waals surface area contributed by atoms with Crippen molar-refractivity contribution in [2.24, 2.45) is 0 Å². The molecule has 0 aromatic heterocycles. The van der Waals surface area contributed by atoms with Gasteiger partial charge in [0.15, 0.2) is 0 Å². The number of hydrogen-bond donors (Lipinski definition) is 2. The molecule has 0 unspecified atom stereocenters. The summed E-state index contributed by atoms with van der Waals surface area (Å²) in [4.78, 5) is 13.6. The number of carbonyl (C=O) groups is 1. The molecule has 1 aromatic carbocycles. The Kier molecular flexibility index (Phi) is 6.15. The van der Waals surface area contributed by atoms with Gasteiger partial charge in [-0.1, -0.05) is 18.2 Å². The number of nitrogens with one attached hydrogen (secondary N) is 1. The molecule has 0 saturated heterocycles. The molecule has 19 heavy (non-hydrogen) atoms. The summed E-state index contributed by atoms with van der Waals surface area (Å²) < 4.78 is 5.26. The summed E-state index contributed by atoms with van der Waals surface area (Å²) in [5, 5.41) is 11.9. The fourth-order valence-electron chi connectivity index (χ4n) is 1.75. The zero-order valence-electron chi connectivity index (χ0n) is 11.7. The topological polar surface area (TPSA) is 61.8 Å². The van der Waals surface area contributed by atoms with E-state index >= 15 is 0 Å². The Labute approximate surface area is 114 Å². The Balaban J connectivity index is 2.80. The quantitative estimate of drug-likeness (QED) is 0.822. The van der Waals surface area contributed by atoms with Crippen LogP contribution in [0.15, 0.2) is 24.3 Å². The third-order valence-corrected chi connectivity index (χ3v) is 2.62. The van der Waals surface area contributed by atoms with Crippen molar-refractivity contribution in [1.29, 1.82) is 0 Å². The summed E-state index contributed by atoms with van der Waals surface area (Å²) in [5.41, 5.74) is 0.914. The van der Waals surface area contributed by atoms with Crippen LogP contribution in [0, 0.1) is 0 Å². The van der Waals surface area contributed by atoms with Crippen LogP contribution in [0.3, 0.4) is 0 Å². The second-order valence-corrected chi connectivity index (χ2v) is 4.56. The maximum atomic E-state index is 12.0. The summed E-state index contributed by atoms with van der Waals surface area (Å²) in [5.74, 6) is 0.739. The van der Waals surface area contributed by atoms with Gasteiger partial charge in [-0.25, -0.2) is 4.79 Å². The van der Waals surface area contributed by atoms with Crippen LogP contribution in [0.25, 0.3) is 0 Å². The van der Waals surface area contributed by atoms with Crippen molar-refractivity contribution in [3.05, 3.63) is 29.8 Å². The van der Waals surface area contributed by atoms with E-state index in [4.69, 9.17) is 9.84 Å². The average Bonchev–Trinajstić information content (AvgIpc) is 2.38. The molecule has 0 bridgehead atoms. The highest BCUT2D eigenvalue weighted by atomic mass is 16.5. The molecule has 5 nitrogen and oxygen atoms in total. The predicted molar refractivity (Wildman–Crippen MR) is 74.2 cm³/mol. The van der Waals surface area contributed by atoms with Crippen molar-refractivity contribution < 1.29 is 14.6 Å². The van der Waals surface area contributed by atoms with Crippen molar-refractivity contribution in [2.75, 3.05) is 20.3 Å². The number of para-hydroxylation sites is 1. The van der Waals surface area contributed by atoms with Crippen molar-refractivity contribution in [1.82, 2.24) is 10.2 Å². The second kappa shape index (κ2) is 7.63. The van der Waals surface area contributed by atoms with Gasteiger partial charge in [0.2, 0.25) is 0 Å².